The van der Waals surface area contributed by atoms with Crippen LogP contribution >= 0.6 is 0 Å². The molecule has 142 valence electrons. The zero-order valence-corrected chi connectivity index (χ0v) is 16.2. The van der Waals surface area contributed by atoms with E-state index in [1.54, 1.807) is 17.0 Å². The van der Waals surface area contributed by atoms with Gasteiger partial charge in [0, 0.05) is 31.9 Å². The molecule has 2 aromatic carbocycles. The smallest absolute Gasteiger partial charge is 0.338 e. The Bertz CT molecular complexity index is 839. The van der Waals surface area contributed by atoms with Crippen LogP contribution in [0.4, 0.5) is 5.69 Å². The molecule has 1 heterocycles. The summed E-state index contributed by atoms with van der Waals surface area (Å²) in [6.45, 7) is 8.71. The summed E-state index contributed by atoms with van der Waals surface area (Å²) in [5.74, 6) is -0.590. The Labute approximate surface area is 160 Å². The van der Waals surface area contributed by atoms with Crippen LogP contribution in [-0.2, 0) is 9.53 Å². The highest BCUT2D eigenvalue weighted by molar-refractivity contribution is 5.92. The van der Waals surface area contributed by atoms with Crippen molar-refractivity contribution < 1.29 is 14.3 Å². The zero-order chi connectivity index (χ0) is 19.4. The molecule has 0 spiro atoms. The van der Waals surface area contributed by atoms with Crippen molar-refractivity contribution in [1.82, 2.24) is 4.90 Å². The lowest BCUT2D eigenvalue weighted by molar-refractivity contribution is -0.134. The van der Waals surface area contributed by atoms with Crippen molar-refractivity contribution in [3.8, 4) is 0 Å². The van der Waals surface area contributed by atoms with Gasteiger partial charge in [0.2, 0.25) is 0 Å². The second-order valence-electron chi connectivity index (χ2n) is 6.98. The van der Waals surface area contributed by atoms with E-state index in [4.69, 9.17) is 4.74 Å². The first-order chi connectivity index (χ1) is 13.0. The van der Waals surface area contributed by atoms with E-state index in [-0.39, 0.29) is 12.5 Å². The summed E-state index contributed by atoms with van der Waals surface area (Å²) in [5.41, 5.74) is 5.13. The Kier molecular flexibility index (Phi) is 5.79. The molecule has 1 aliphatic rings. The molecule has 0 radical (unpaired) electrons. The SMILES string of the molecule is Cc1ccccc1C(=O)OCC(=O)N1CCN(c2cccc(C)c2C)CC1. The van der Waals surface area contributed by atoms with Crippen molar-refractivity contribution in [3.05, 3.63) is 64.7 Å². The van der Waals surface area contributed by atoms with Crippen LogP contribution in [0.5, 0.6) is 0 Å². The molecule has 27 heavy (non-hydrogen) atoms. The highest BCUT2D eigenvalue weighted by Crippen LogP contribution is 2.23. The van der Waals surface area contributed by atoms with Gasteiger partial charge in [0.25, 0.3) is 5.91 Å². The van der Waals surface area contributed by atoms with Crippen LogP contribution in [0.25, 0.3) is 0 Å². The summed E-state index contributed by atoms with van der Waals surface area (Å²) in [6, 6.07) is 13.5. The van der Waals surface area contributed by atoms with Gasteiger partial charge in [-0.3, -0.25) is 4.79 Å². The van der Waals surface area contributed by atoms with Gasteiger partial charge < -0.3 is 14.5 Å². The van der Waals surface area contributed by atoms with Crippen molar-refractivity contribution in [3.63, 3.8) is 0 Å². The minimum atomic E-state index is -0.449. The molecule has 0 atom stereocenters. The number of carbonyl (C=O) groups is 2. The van der Waals surface area contributed by atoms with Crippen molar-refractivity contribution >= 4 is 17.6 Å². The molecule has 1 saturated heterocycles. The van der Waals surface area contributed by atoms with Crippen molar-refractivity contribution in [2.45, 2.75) is 20.8 Å². The molecule has 0 bridgehead atoms. The van der Waals surface area contributed by atoms with Crippen LogP contribution in [0.15, 0.2) is 42.5 Å². The van der Waals surface area contributed by atoms with Gasteiger partial charge in [-0.05, 0) is 49.6 Å². The van der Waals surface area contributed by atoms with Crippen LogP contribution in [-0.4, -0.2) is 49.6 Å². The van der Waals surface area contributed by atoms with Crippen molar-refractivity contribution in [2.24, 2.45) is 0 Å². The Balaban J connectivity index is 1.52. The van der Waals surface area contributed by atoms with E-state index >= 15 is 0 Å². The third-order valence-corrected chi connectivity index (χ3v) is 5.24. The molecule has 3 rings (SSSR count). The number of rotatable bonds is 4. The quantitative estimate of drug-likeness (QED) is 0.780. The largest absolute Gasteiger partial charge is 0.452 e. The number of aryl methyl sites for hydroxylation is 2. The zero-order valence-electron chi connectivity index (χ0n) is 16.2. The summed E-state index contributed by atoms with van der Waals surface area (Å²) in [5, 5.41) is 0. The normalized spacial score (nSPS) is 14.2. The number of anilines is 1. The Morgan fingerprint density at radius 3 is 2.26 bits per heavy atom. The molecule has 5 nitrogen and oxygen atoms in total. The van der Waals surface area contributed by atoms with Crippen LogP contribution < -0.4 is 4.90 Å². The summed E-state index contributed by atoms with van der Waals surface area (Å²) in [7, 11) is 0. The molecule has 0 aromatic heterocycles. The Hall–Kier alpha value is -2.82. The third-order valence-electron chi connectivity index (χ3n) is 5.24. The number of hydrogen-bond acceptors (Lipinski definition) is 4. The van der Waals surface area contributed by atoms with Gasteiger partial charge in [-0.15, -0.1) is 0 Å². The van der Waals surface area contributed by atoms with Gasteiger partial charge in [-0.1, -0.05) is 30.3 Å². The van der Waals surface area contributed by atoms with E-state index in [2.05, 4.69) is 36.9 Å². The number of nitrogens with zero attached hydrogens (tertiary/aromatic N) is 2. The lowest BCUT2D eigenvalue weighted by Crippen LogP contribution is -2.50. The van der Waals surface area contributed by atoms with E-state index in [1.165, 1.54) is 16.8 Å². The second kappa shape index (κ2) is 8.25. The highest BCUT2D eigenvalue weighted by atomic mass is 16.5. The topological polar surface area (TPSA) is 49.9 Å². The van der Waals surface area contributed by atoms with Crippen LogP contribution in [0.2, 0.25) is 0 Å². The number of amides is 1. The molecule has 0 aliphatic carbocycles. The first-order valence-electron chi connectivity index (χ1n) is 9.29. The van der Waals surface area contributed by atoms with Gasteiger partial charge >= 0.3 is 5.97 Å². The molecule has 1 amide bonds. The molecule has 2 aromatic rings. The molecule has 0 saturated carbocycles. The van der Waals surface area contributed by atoms with E-state index in [0.29, 0.717) is 18.7 Å². The monoisotopic (exact) mass is 366 g/mol. The average molecular weight is 366 g/mol. The molecule has 5 heteroatoms. The predicted molar refractivity (Wildman–Crippen MR) is 106 cm³/mol. The maximum atomic E-state index is 12.4. The molecule has 1 fully saturated rings. The van der Waals surface area contributed by atoms with E-state index in [0.717, 1.165) is 18.7 Å². The number of piperazine rings is 1. The molecule has 0 unspecified atom stereocenters. The number of carbonyl (C=O) groups excluding carboxylic acids is 2. The number of esters is 1. The summed E-state index contributed by atoms with van der Waals surface area (Å²) < 4.78 is 5.23. The molecular formula is C22H26N2O3. The fraction of sp³-hybridized carbons (Fsp3) is 0.364. The first kappa shape index (κ1) is 19.0. The number of hydrogen-bond donors (Lipinski definition) is 0. The van der Waals surface area contributed by atoms with Gasteiger partial charge in [0.1, 0.15) is 0 Å². The van der Waals surface area contributed by atoms with Gasteiger partial charge in [-0.2, -0.15) is 0 Å². The summed E-state index contributed by atoms with van der Waals surface area (Å²) in [6.07, 6.45) is 0. The van der Waals surface area contributed by atoms with Gasteiger partial charge in [0.15, 0.2) is 6.61 Å². The molecule has 0 N–H and O–H groups in total. The minimum absolute atomic E-state index is 0.141. The van der Waals surface area contributed by atoms with E-state index in [1.807, 2.05) is 19.1 Å². The minimum Gasteiger partial charge on any atom is -0.452 e. The molecule has 1 aliphatic heterocycles. The Morgan fingerprint density at radius 2 is 1.56 bits per heavy atom. The number of ether oxygens (including phenoxy) is 1. The fourth-order valence-electron chi connectivity index (χ4n) is 3.37. The highest BCUT2D eigenvalue weighted by Gasteiger charge is 2.23. The Morgan fingerprint density at radius 1 is 0.889 bits per heavy atom. The summed E-state index contributed by atoms with van der Waals surface area (Å²) >= 11 is 0. The number of benzene rings is 2. The van der Waals surface area contributed by atoms with E-state index in [9.17, 15) is 9.59 Å². The lowest BCUT2D eigenvalue weighted by atomic mass is 10.1. The fourth-order valence-corrected chi connectivity index (χ4v) is 3.37. The third kappa shape index (κ3) is 4.30. The summed E-state index contributed by atoms with van der Waals surface area (Å²) in [4.78, 5) is 28.7. The van der Waals surface area contributed by atoms with Gasteiger partial charge in [-0.25, -0.2) is 4.79 Å². The second-order valence-corrected chi connectivity index (χ2v) is 6.98. The van der Waals surface area contributed by atoms with Crippen LogP contribution in [0.1, 0.15) is 27.0 Å². The van der Waals surface area contributed by atoms with Crippen molar-refractivity contribution in [1.29, 1.82) is 0 Å². The predicted octanol–water partition coefficient (Wildman–Crippen LogP) is 3.12. The standard InChI is InChI=1S/C22H26N2O3/c1-16-8-6-10-20(18(16)3)23-11-13-24(14-12-23)21(25)15-27-22(26)19-9-5-4-7-17(19)2/h4-10H,11-15H2,1-3H3. The average Bonchev–Trinajstić information content (AvgIpc) is 2.68. The van der Waals surface area contributed by atoms with Crippen LogP contribution in [0, 0.1) is 20.8 Å². The lowest BCUT2D eigenvalue weighted by Gasteiger charge is -2.37. The molecular weight excluding hydrogens is 340 g/mol. The van der Waals surface area contributed by atoms with Gasteiger partial charge in [0.05, 0.1) is 5.56 Å². The maximum absolute atomic E-state index is 12.4. The first-order valence-corrected chi connectivity index (χ1v) is 9.29. The van der Waals surface area contributed by atoms with Crippen LogP contribution in [0.3, 0.4) is 0 Å². The van der Waals surface area contributed by atoms with E-state index < -0.39 is 5.97 Å². The van der Waals surface area contributed by atoms with Crippen molar-refractivity contribution in [2.75, 3.05) is 37.7 Å². The maximum Gasteiger partial charge on any atom is 0.338 e.